The maximum absolute atomic E-state index is 11.5. The highest BCUT2D eigenvalue weighted by atomic mass is 16.4. The Morgan fingerprint density at radius 3 is 2.82 bits per heavy atom. The molecule has 17 heavy (non-hydrogen) atoms. The minimum absolute atomic E-state index is 0.0709. The van der Waals surface area contributed by atoms with Gasteiger partial charge in [0.25, 0.3) is 0 Å². The zero-order valence-corrected chi connectivity index (χ0v) is 8.68. The molecule has 1 aliphatic heterocycles. The summed E-state index contributed by atoms with van der Waals surface area (Å²) in [5.41, 5.74) is 4.03. The number of anilines is 1. The highest BCUT2D eigenvalue weighted by Gasteiger charge is 2.07. The lowest BCUT2D eigenvalue weighted by Gasteiger charge is -2.00. The molecule has 0 radical (unpaired) electrons. The molecule has 0 aromatic heterocycles. The van der Waals surface area contributed by atoms with Crippen molar-refractivity contribution in [2.75, 3.05) is 5.43 Å². The Bertz CT molecular complexity index is 809. The van der Waals surface area contributed by atoms with Crippen LogP contribution in [0.2, 0.25) is 0 Å². The standard InChI is InChI=1S/C12H8N2O3/c15-8-4-2-1-3-7(8)13-14-11-9(16)5-6-10-12(11)17-10/h1-6,13,15H/b14-11+. The van der Waals surface area contributed by atoms with Gasteiger partial charge >= 0.3 is 0 Å². The summed E-state index contributed by atoms with van der Waals surface area (Å²) in [6.07, 6.45) is 0. The van der Waals surface area contributed by atoms with E-state index >= 15 is 0 Å². The van der Waals surface area contributed by atoms with E-state index in [9.17, 15) is 9.90 Å². The van der Waals surface area contributed by atoms with Gasteiger partial charge in [0.05, 0.1) is 5.69 Å². The van der Waals surface area contributed by atoms with Crippen molar-refractivity contribution >= 4 is 5.69 Å². The lowest BCUT2D eigenvalue weighted by Crippen LogP contribution is -2.24. The van der Waals surface area contributed by atoms with Gasteiger partial charge in [-0.1, -0.05) is 12.1 Å². The van der Waals surface area contributed by atoms with Crippen LogP contribution in [0.4, 0.5) is 5.69 Å². The van der Waals surface area contributed by atoms with Crippen LogP contribution in [0.3, 0.4) is 0 Å². The first-order valence-electron chi connectivity index (χ1n) is 5.02. The second-order valence-corrected chi connectivity index (χ2v) is 3.58. The van der Waals surface area contributed by atoms with Gasteiger partial charge < -0.3 is 9.52 Å². The number of para-hydroxylation sites is 2. The molecule has 1 aromatic carbocycles. The van der Waals surface area contributed by atoms with Crippen LogP contribution in [-0.4, -0.2) is 5.11 Å². The first-order valence-corrected chi connectivity index (χ1v) is 5.02. The number of phenolic OH excluding ortho intramolecular Hbond substituents is 1. The average Bonchev–Trinajstić information content (AvgIpc) is 3.09. The van der Waals surface area contributed by atoms with E-state index in [1.54, 1.807) is 24.3 Å². The number of phenols is 1. The van der Waals surface area contributed by atoms with Crippen molar-refractivity contribution in [1.82, 2.24) is 0 Å². The molecule has 3 rings (SSSR count). The summed E-state index contributed by atoms with van der Waals surface area (Å²) in [4.78, 5) is 11.5. The highest BCUT2D eigenvalue weighted by Crippen LogP contribution is 2.20. The van der Waals surface area contributed by atoms with Crippen molar-refractivity contribution in [3.05, 3.63) is 62.8 Å². The van der Waals surface area contributed by atoms with Gasteiger partial charge in [-0.15, -0.1) is 0 Å². The van der Waals surface area contributed by atoms with Crippen LogP contribution in [-0.2, 0) is 0 Å². The maximum atomic E-state index is 11.5. The van der Waals surface area contributed by atoms with Crippen LogP contribution < -0.4 is 16.2 Å². The number of nitrogens with one attached hydrogen (secondary N) is 1. The number of nitrogens with zero attached hydrogens (tertiary/aromatic N) is 1. The van der Waals surface area contributed by atoms with Crippen LogP contribution in [0.1, 0.15) is 0 Å². The van der Waals surface area contributed by atoms with Crippen LogP contribution >= 0.6 is 0 Å². The van der Waals surface area contributed by atoms with Gasteiger partial charge in [0.15, 0.2) is 10.8 Å². The Morgan fingerprint density at radius 1 is 1.18 bits per heavy atom. The molecule has 0 saturated carbocycles. The number of hydrogen-bond acceptors (Lipinski definition) is 5. The van der Waals surface area contributed by atoms with Crippen LogP contribution in [0.5, 0.6) is 5.75 Å². The Labute approximate surface area is 95.0 Å². The summed E-state index contributed by atoms with van der Waals surface area (Å²) in [7, 11) is 0. The molecule has 2 aliphatic rings. The van der Waals surface area contributed by atoms with Gasteiger partial charge in [0, 0.05) is 0 Å². The molecule has 84 valence electrons. The Morgan fingerprint density at radius 2 is 2.00 bits per heavy atom. The number of aromatic hydroxyl groups is 1. The molecule has 0 bridgehead atoms. The normalized spacial score (nSPS) is 12.4. The van der Waals surface area contributed by atoms with Crippen LogP contribution in [0, 0.1) is 10.8 Å². The monoisotopic (exact) mass is 228 g/mol. The molecule has 1 heterocycles. The molecule has 0 spiro atoms. The molecule has 0 amide bonds. The van der Waals surface area contributed by atoms with Crippen molar-refractivity contribution in [3.8, 4) is 5.75 Å². The molecule has 5 nitrogen and oxygen atoms in total. The summed E-state index contributed by atoms with van der Waals surface area (Å²) >= 11 is 0. The second kappa shape index (κ2) is 3.48. The molecule has 1 aromatic rings. The van der Waals surface area contributed by atoms with E-state index in [1.165, 1.54) is 12.1 Å². The third kappa shape index (κ3) is 1.67. The predicted octanol–water partition coefficient (Wildman–Crippen LogP) is 0.874. The molecule has 0 atom stereocenters. The van der Waals surface area contributed by atoms with E-state index in [-0.39, 0.29) is 16.5 Å². The first-order chi connectivity index (χ1) is 8.25. The maximum Gasteiger partial charge on any atom is 0.210 e. The molecule has 5 heteroatoms. The third-order valence-electron chi connectivity index (χ3n) is 2.42. The van der Waals surface area contributed by atoms with Gasteiger partial charge in [0.2, 0.25) is 10.8 Å². The molecule has 0 unspecified atom stereocenters. The second-order valence-electron chi connectivity index (χ2n) is 3.58. The van der Waals surface area contributed by atoms with Crippen molar-refractivity contribution in [2.45, 2.75) is 0 Å². The summed E-state index contributed by atoms with van der Waals surface area (Å²) in [6.45, 7) is 0. The lowest BCUT2D eigenvalue weighted by molar-refractivity contribution is 0.477. The Balaban J connectivity index is 2.04. The fourth-order valence-electron chi connectivity index (χ4n) is 1.49. The van der Waals surface area contributed by atoms with Crippen molar-refractivity contribution in [3.63, 3.8) is 0 Å². The molecular weight excluding hydrogens is 220 g/mol. The Hall–Kier alpha value is -2.56. The summed E-state index contributed by atoms with van der Waals surface area (Å²) in [6, 6.07) is 9.65. The number of benzene rings is 1. The molecular formula is C12H8N2O3. The van der Waals surface area contributed by atoms with E-state index in [2.05, 4.69) is 10.5 Å². The van der Waals surface area contributed by atoms with E-state index < -0.39 is 0 Å². The number of rotatable bonds is 2. The molecule has 2 N–H and O–H groups in total. The summed E-state index contributed by atoms with van der Waals surface area (Å²) < 4.78 is 5.07. The topological polar surface area (TPSA) is 74.8 Å². The zero-order valence-electron chi connectivity index (χ0n) is 8.68. The molecule has 0 fully saturated rings. The summed E-state index contributed by atoms with van der Waals surface area (Å²) in [5, 5.41) is 13.7. The summed E-state index contributed by atoms with van der Waals surface area (Å²) in [5.74, 6) is 0.0709. The smallest absolute Gasteiger partial charge is 0.210 e. The van der Waals surface area contributed by atoms with Crippen molar-refractivity contribution in [2.24, 2.45) is 5.10 Å². The van der Waals surface area contributed by atoms with Crippen molar-refractivity contribution in [1.29, 1.82) is 0 Å². The van der Waals surface area contributed by atoms with Crippen LogP contribution in [0.25, 0.3) is 0 Å². The van der Waals surface area contributed by atoms with Gasteiger partial charge in [-0.3, -0.25) is 10.2 Å². The minimum atomic E-state index is -0.218. The van der Waals surface area contributed by atoms with E-state index in [4.69, 9.17) is 4.42 Å². The molecule has 0 saturated heterocycles. The largest absolute Gasteiger partial charge is 0.506 e. The van der Waals surface area contributed by atoms with Gasteiger partial charge in [-0.05, 0) is 24.3 Å². The highest BCUT2D eigenvalue weighted by molar-refractivity contribution is 5.54. The first kappa shape index (κ1) is 9.65. The average molecular weight is 228 g/mol. The van der Waals surface area contributed by atoms with E-state index in [1.807, 2.05) is 0 Å². The van der Waals surface area contributed by atoms with Crippen molar-refractivity contribution < 1.29 is 9.52 Å². The number of hydrogen-bond donors (Lipinski definition) is 2. The Kier molecular flexibility index (Phi) is 1.98. The van der Waals surface area contributed by atoms with E-state index in [0.717, 1.165) is 0 Å². The predicted molar refractivity (Wildman–Crippen MR) is 59.9 cm³/mol. The fourth-order valence-corrected chi connectivity index (χ4v) is 1.49. The third-order valence-corrected chi connectivity index (χ3v) is 2.42. The van der Waals surface area contributed by atoms with Gasteiger partial charge in [0.1, 0.15) is 5.75 Å². The SMILES string of the molecule is O=c1ccc2oc=2/c1=N/Nc1ccccc1O. The lowest BCUT2D eigenvalue weighted by atomic mass is 10.3. The quantitative estimate of drug-likeness (QED) is 0.504. The minimum Gasteiger partial charge on any atom is -0.506 e. The molecule has 1 aliphatic carbocycles. The van der Waals surface area contributed by atoms with Crippen LogP contribution in [0.15, 0.2) is 50.7 Å². The fraction of sp³-hybridized carbons (Fsp3) is 0. The van der Waals surface area contributed by atoms with Gasteiger partial charge in [-0.25, -0.2) is 0 Å². The van der Waals surface area contributed by atoms with E-state index in [0.29, 0.717) is 16.5 Å². The van der Waals surface area contributed by atoms with Gasteiger partial charge in [-0.2, -0.15) is 5.10 Å². The zero-order chi connectivity index (χ0) is 11.8.